The molecule has 1 nitrogen and oxygen atoms in total. The quantitative estimate of drug-likeness (QED) is 0.538. The van der Waals surface area contributed by atoms with E-state index in [2.05, 4.69) is 17.6 Å². The van der Waals surface area contributed by atoms with Crippen LogP contribution in [-0.2, 0) is 0 Å². The third kappa shape index (κ3) is 1.94. The summed E-state index contributed by atoms with van der Waals surface area (Å²) < 4.78 is 0.509. The van der Waals surface area contributed by atoms with Crippen LogP contribution in [0.4, 0.5) is 0 Å². The van der Waals surface area contributed by atoms with Crippen LogP contribution in [0.5, 0.6) is 0 Å². The second-order valence-corrected chi connectivity index (χ2v) is 3.29. The second kappa shape index (κ2) is 3.32. The van der Waals surface area contributed by atoms with Crippen molar-refractivity contribution < 1.29 is 0 Å². The molecule has 0 aliphatic rings. The molecular formula is C6H4ClNS2. The molecule has 0 unspecified atom stereocenters. The van der Waals surface area contributed by atoms with Crippen LogP contribution < -0.4 is 0 Å². The summed E-state index contributed by atoms with van der Waals surface area (Å²) >= 11 is 14.4. The third-order valence-corrected chi connectivity index (χ3v) is 1.65. The van der Waals surface area contributed by atoms with Crippen LogP contribution in [0.1, 0.15) is 5.56 Å². The van der Waals surface area contributed by atoms with Crippen LogP contribution in [0.2, 0.25) is 5.02 Å². The van der Waals surface area contributed by atoms with Gasteiger partial charge in [-0.25, -0.2) is 0 Å². The van der Waals surface area contributed by atoms with E-state index in [-0.39, 0.29) is 0 Å². The monoisotopic (exact) mass is 189 g/mol. The molecule has 10 heavy (non-hydrogen) atoms. The zero-order valence-electron chi connectivity index (χ0n) is 4.91. The third-order valence-electron chi connectivity index (χ3n) is 0.952. The van der Waals surface area contributed by atoms with Crippen molar-refractivity contribution in [2.45, 2.75) is 0 Å². The first-order valence-electron chi connectivity index (χ1n) is 2.54. The number of aromatic nitrogens is 1. The minimum Gasteiger partial charge on any atom is -0.262 e. The van der Waals surface area contributed by atoms with E-state index in [0.29, 0.717) is 9.22 Å². The lowest BCUT2D eigenvalue weighted by molar-refractivity contribution is 1.32. The van der Waals surface area contributed by atoms with Crippen LogP contribution in [-0.4, -0.2) is 9.18 Å². The van der Waals surface area contributed by atoms with Crippen LogP contribution in [0.25, 0.3) is 0 Å². The molecule has 1 rings (SSSR count). The van der Waals surface area contributed by atoms with Gasteiger partial charge in [-0.2, -0.15) is 0 Å². The van der Waals surface area contributed by atoms with Crippen LogP contribution in [0.15, 0.2) is 18.5 Å². The maximum Gasteiger partial charge on any atom is 0.0763 e. The summed E-state index contributed by atoms with van der Waals surface area (Å²) in [6.07, 6.45) is 3.18. The first-order chi connectivity index (χ1) is 4.70. The van der Waals surface area contributed by atoms with Crippen LogP contribution in [0.3, 0.4) is 0 Å². The Morgan fingerprint density at radius 2 is 2.30 bits per heavy atom. The van der Waals surface area contributed by atoms with E-state index in [4.69, 9.17) is 23.8 Å². The molecule has 0 saturated carbocycles. The molecular weight excluding hydrogens is 186 g/mol. The van der Waals surface area contributed by atoms with Crippen LogP contribution >= 0.6 is 36.4 Å². The summed E-state index contributed by atoms with van der Waals surface area (Å²) in [5, 5.41) is 0.578. The van der Waals surface area contributed by atoms with E-state index >= 15 is 0 Å². The Balaban J connectivity index is 3.07. The fraction of sp³-hybridized carbons (Fsp3) is 0. The van der Waals surface area contributed by atoms with Gasteiger partial charge in [0, 0.05) is 18.0 Å². The van der Waals surface area contributed by atoms with Crippen molar-refractivity contribution in [2.24, 2.45) is 0 Å². The molecule has 0 bridgehead atoms. The minimum absolute atomic E-state index is 0.509. The van der Waals surface area contributed by atoms with E-state index in [0.717, 1.165) is 5.56 Å². The van der Waals surface area contributed by atoms with Crippen LogP contribution in [0, 0.1) is 0 Å². The molecule has 52 valence electrons. The fourth-order valence-electron chi connectivity index (χ4n) is 0.529. The smallest absolute Gasteiger partial charge is 0.0763 e. The Kier molecular flexibility index (Phi) is 2.65. The summed E-state index contributed by atoms with van der Waals surface area (Å²) in [5.41, 5.74) is 0.783. The number of thiocarbonyl (C=S) groups is 1. The molecule has 0 aliphatic heterocycles. The topological polar surface area (TPSA) is 12.9 Å². The average molecular weight is 190 g/mol. The van der Waals surface area contributed by atoms with Gasteiger partial charge < -0.3 is 0 Å². The normalized spacial score (nSPS) is 9.40. The van der Waals surface area contributed by atoms with E-state index < -0.39 is 0 Å². The van der Waals surface area contributed by atoms with Gasteiger partial charge in [-0.05, 0) is 6.07 Å². The van der Waals surface area contributed by atoms with E-state index in [1.165, 1.54) is 0 Å². The first-order valence-corrected chi connectivity index (χ1v) is 3.77. The molecule has 0 fully saturated rings. The van der Waals surface area contributed by atoms with Crippen molar-refractivity contribution in [2.75, 3.05) is 0 Å². The number of hydrogen-bond acceptors (Lipinski definition) is 2. The molecule has 1 heterocycles. The van der Waals surface area contributed by atoms with Gasteiger partial charge in [0.15, 0.2) is 0 Å². The van der Waals surface area contributed by atoms with Gasteiger partial charge in [-0.1, -0.05) is 23.8 Å². The molecule has 4 heteroatoms. The van der Waals surface area contributed by atoms with Gasteiger partial charge in [-0.15, -0.1) is 12.6 Å². The summed E-state index contributed by atoms with van der Waals surface area (Å²) in [7, 11) is 0. The molecule has 0 saturated heterocycles. The van der Waals surface area contributed by atoms with E-state index in [1.54, 1.807) is 18.5 Å². The number of hydrogen-bond donors (Lipinski definition) is 1. The molecule has 0 spiro atoms. The Morgan fingerprint density at radius 1 is 1.60 bits per heavy atom. The first kappa shape index (κ1) is 7.98. The van der Waals surface area contributed by atoms with E-state index in [1.807, 2.05) is 0 Å². The summed E-state index contributed by atoms with van der Waals surface area (Å²) in [6, 6.07) is 1.73. The van der Waals surface area contributed by atoms with Crippen molar-refractivity contribution in [3.05, 3.63) is 29.0 Å². The van der Waals surface area contributed by atoms with Crippen molar-refractivity contribution in [3.63, 3.8) is 0 Å². The van der Waals surface area contributed by atoms with Crippen molar-refractivity contribution in [3.8, 4) is 0 Å². The average Bonchev–Trinajstić information content (AvgIpc) is 1.88. The Hall–Kier alpha value is -0.120. The number of rotatable bonds is 1. The predicted octanol–water partition coefficient (Wildman–Crippen LogP) is 2.34. The Labute approximate surface area is 74.8 Å². The lowest BCUT2D eigenvalue weighted by atomic mass is 10.3. The fourth-order valence-corrected chi connectivity index (χ4v) is 0.937. The molecule has 0 aromatic carbocycles. The Bertz CT molecular complexity index is 262. The SMILES string of the molecule is S=C(S)c1cncc(Cl)c1. The highest BCUT2D eigenvalue weighted by Crippen LogP contribution is 2.10. The Morgan fingerprint density at radius 3 is 2.70 bits per heavy atom. The van der Waals surface area contributed by atoms with Gasteiger partial charge in [0.25, 0.3) is 0 Å². The van der Waals surface area contributed by atoms with Gasteiger partial charge in [0.2, 0.25) is 0 Å². The summed E-state index contributed by atoms with van der Waals surface area (Å²) in [5.74, 6) is 0. The molecule has 0 radical (unpaired) electrons. The number of thiol groups is 1. The lowest BCUT2D eigenvalue weighted by Crippen LogP contribution is -1.87. The zero-order valence-corrected chi connectivity index (χ0v) is 7.38. The molecule has 1 aromatic heterocycles. The summed E-state index contributed by atoms with van der Waals surface area (Å²) in [4.78, 5) is 3.84. The molecule has 0 amide bonds. The summed E-state index contributed by atoms with van der Waals surface area (Å²) in [6.45, 7) is 0. The highest BCUT2D eigenvalue weighted by atomic mass is 35.5. The number of halogens is 1. The van der Waals surface area contributed by atoms with Gasteiger partial charge in [-0.3, -0.25) is 4.98 Å². The number of pyridine rings is 1. The minimum atomic E-state index is 0.509. The highest BCUT2D eigenvalue weighted by molar-refractivity contribution is 8.11. The number of nitrogens with zero attached hydrogens (tertiary/aromatic N) is 1. The molecule has 1 aromatic rings. The van der Waals surface area contributed by atoms with Crippen molar-refractivity contribution >= 4 is 40.6 Å². The zero-order chi connectivity index (χ0) is 7.56. The molecule has 0 N–H and O–H groups in total. The lowest BCUT2D eigenvalue weighted by Gasteiger charge is -1.94. The largest absolute Gasteiger partial charge is 0.262 e. The van der Waals surface area contributed by atoms with Gasteiger partial charge in [0.05, 0.1) is 9.22 Å². The predicted molar refractivity (Wildman–Crippen MR) is 49.9 cm³/mol. The second-order valence-electron chi connectivity index (χ2n) is 1.70. The van der Waals surface area contributed by atoms with Gasteiger partial charge in [0.1, 0.15) is 0 Å². The van der Waals surface area contributed by atoms with E-state index in [9.17, 15) is 0 Å². The van der Waals surface area contributed by atoms with Crippen molar-refractivity contribution in [1.29, 1.82) is 0 Å². The van der Waals surface area contributed by atoms with Gasteiger partial charge >= 0.3 is 0 Å². The molecule has 0 atom stereocenters. The maximum atomic E-state index is 5.63. The maximum absolute atomic E-state index is 5.63. The van der Waals surface area contributed by atoms with Crippen molar-refractivity contribution in [1.82, 2.24) is 4.98 Å². The highest BCUT2D eigenvalue weighted by Gasteiger charge is 1.95. The molecule has 0 aliphatic carbocycles. The standard InChI is InChI=1S/C6H4ClNS2/c7-5-1-4(6(9)10)2-8-3-5/h1-3H,(H,9,10).